The van der Waals surface area contributed by atoms with Gasteiger partial charge in [-0.15, -0.1) is 0 Å². The summed E-state index contributed by atoms with van der Waals surface area (Å²) < 4.78 is 11.2. The minimum Gasteiger partial charge on any atom is -0.493 e. The van der Waals surface area contributed by atoms with Gasteiger partial charge in [-0.25, -0.2) is 0 Å². The molecule has 0 aliphatic carbocycles. The highest BCUT2D eigenvalue weighted by Crippen LogP contribution is 2.29. The molecule has 2 rings (SSSR count). The van der Waals surface area contributed by atoms with Crippen molar-refractivity contribution in [3.05, 3.63) is 59.7 Å². The van der Waals surface area contributed by atoms with Crippen LogP contribution in [0.2, 0.25) is 0 Å². The normalized spacial score (nSPS) is 10.7. The summed E-state index contributed by atoms with van der Waals surface area (Å²) in [5.74, 6) is 0.330. The number of ether oxygens (including phenoxy) is 2. The molecule has 0 aliphatic heterocycles. The van der Waals surface area contributed by atoms with Gasteiger partial charge in [0, 0.05) is 6.08 Å². The number of benzene rings is 2. The molecular formula is C23H28N2O4. The van der Waals surface area contributed by atoms with Crippen LogP contribution in [0.1, 0.15) is 48.5 Å². The first-order chi connectivity index (χ1) is 14.0. The van der Waals surface area contributed by atoms with Crippen LogP contribution in [0.5, 0.6) is 11.5 Å². The number of carbonyl (C=O) groups is 2. The summed E-state index contributed by atoms with van der Waals surface area (Å²) in [7, 11) is 1.58. The second kappa shape index (κ2) is 11.5. The molecule has 0 spiro atoms. The Morgan fingerprint density at radius 3 is 2.59 bits per heavy atom. The number of carbonyl (C=O) groups excluding carboxylic acids is 2. The van der Waals surface area contributed by atoms with Gasteiger partial charge in [-0.1, -0.05) is 44.4 Å². The van der Waals surface area contributed by atoms with Crippen molar-refractivity contribution in [1.29, 1.82) is 0 Å². The van der Waals surface area contributed by atoms with E-state index in [4.69, 9.17) is 15.2 Å². The molecule has 154 valence electrons. The van der Waals surface area contributed by atoms with Crippen LogP contribution in [-0.2, 0) is 4.79 Å². The van der Waals surface area contributed by atoms with Gasteiger partial charge in [0.25, 0.3) is 5.91 Å². The van der Waals surface area contributed by atoms with Crippen molar-refractivity contribution in [2.75, 3.05) is 19.0 Å². The third-order valence-corrected chi connectivity index (χ3v) is 4.32. The minimum absolute atomic E-state index is 0.261. The van der Waals surface area contributed by atoms with Crippen LogP contribution in [0.15, 0.2) is 48.5 Å². The summed E-state index contributed by atoms with van der Waals surface area (Å²) in [6.07, 6.45) is 7.59. The SMILES string of the molecule is CCCCCCOc1ccc(/C=C/C(=O)Nc2ccccc2C(N)=O)cc1OC. The molecule has 0 saturated carbocycles. The molecule has 2 aromatic carbocycles. The molecule has 0 aromatic heterocycles. The molecule has 0 heterocycles. The van der Waals surface area contributed by atoms with Gasteiger partial charge in [-0.3, -0.25) is 9.59 Å². The fourth-order valence-corrected chi connectivity index (χ4v) is 2.77. The van der Waals surface area contributed by atoms with E-state index < -0.39 is 5.91 Å². The van der Waals surface area contributed by atoms with Crippen molar-refractivity contribution in [1.82, 2.24) is 0 Å². The fraction of sp³-hybridized carbons (Fsp3) is 0.304. The first-order valence-electron chi connectivity index (χ1n) is 9.74. The molecule has 0 saturated heterocycles. The van der Waals surface area contributed by atoms with E-state index in [1.54, 1.807) is 37.5 Å². The smallest absolute Gasteiger partial charge is 0.250 e. The van der Waals surface area contributed by atoms with Gasteiger partial charge in [0.2, 0.25) is 5.91 Å². The van der Waals surface area contributed by atoms with E-state index in [0.717, 1.165) is 18.4 Å². The van der Waals surface area contributed by atoms with E-state index in [1.165, 1.54) is 18.9 Å². The first-order valence-corrected chi connectivity index (χ1v) is 9.74. The average molecular weight is 396 g/mol. The molecule has 6 heteroatoms. The highest BCUT2D eigenvalue weighted by atomic mass is 16.5. The highest BCUT2D eigenvalue weighted by Gasteiger charge is 2.09. The van der Waals surface area contributed by atoms with E-state index in [9.17, 15) is 9.59 Å². The lowest BCUT2D eigenvalue weighted by atomic mass is 10.1. The number of unbranched alkanes of at least 4 members (excludes halogenated alkanes) is 3. The number of rotatable bonds is 11. The molecule has 29 heavy (non-hydrogen) atoms. The standard InChI is InChI=1S/C23H28N2O4/c1-3-4-5-8-15-29-20-13-11-17(16-21(20)28-2)12-14-22(26)25-19-10-7-6-9-18(19)23(24)27/h6-7,9-14,16H,3-5,8,15H2,1-2H3,(H2,24,27)(H,25,26)/b14-12+. The van der Waals surface area contributed by atoms with Crippen LogP contribution < -0.4 is 20.5 Å². The van der Waals surface area contributed by atoms with E-state index in [2.05, 4.69) is 12.2 Å². The second-order valence-electron chi connectivity index (χ2n) is 6.55. The highest BCUT2D eigenvalue weighted by molar-refractivity contribution is 6.07. The maximum absolute atomic E-state index is 12.2. The Morgan fingerprint density at radius 2 is 1.86 bits per heavy atom. The van der Waals surface area contributed by atoms with Crippen LogP contribution in [-0.4, -0.2) is 25.5 Å². The van der Waals surface area contributed by atoms with Crippen molar-refractivity contribution < 1.29 is 19.1 Å². The summed E-state index contributed by atoms with van der Waals surface area (Å²) in [6.45, 7) is 2.82. The Morgan fingerprint density at radius 1 is 1.07 bits per heavy atom. The predicted octanol–water partition coefficient (Wildman–Crippen LogP) is 4.41. The Labute approximate surface area is 171 Å². The quantitative estimate of drug-likeness (QED) is 0.435. The molecule has 0 bridgehead atoms. The van der Waals surface area contributed by atoms with Crippen LogP contribution in [0.25, 0.3) is 6.08 Å². The predicted molar refractivity (Wildman–Crippen MR) is 115 cm³/mol. The summed E-state index contributed by atoms with van der Waals surface area (Å²) in [5, 5.41) is 2.66. The van der Waals surface area contributed by atoms with Crippen LogP contribution >= 0.6 is 0 Å². The molecule has 0 atom stereocenters. The van der Waals surface area contributed by atoms with Gasteiger partial charge in [-0.05, 0) is 42.3 Å². The second-order valence-corrected chi connectivity index (χ2v) is 6.55. The van der Waals surface area contributed by atoms with Gasteiger partial charge in [0.1, 0.15) is 0 Å². The Bertz CT molecular complexity index is 862. The summed E-state index contributed by atoms with van der Waals surface area (Å²) in [5.41, 5.74) is 6.75. The zero-order chi connectivity index (χ0) is 21.1. The monoisotopic (exact) mass is 396 g/mol. The number of nitrogens with two attached hydrogens (primary N) is 1. The number of primary amides is 1. The molecule has 3 N–H and O–H groups in total. The van der Waals surface area contributed by atoms with Gasteiger partial charge in [0.05, 0.1) is 25.0 Å². The van der Waals surface area contributed by atoms with Gasteiger partial charge in [-0.2, -0.15) is 0 Å². The maximum Gasteiger partial charge on any atom is 0.250 e. The Balaban J connectivity index is 1.99. The lowest BCUT2D eigenvalue weighted by Crippen LogP contribution is -2.16. The third kappa shape index (κ3) is 6.99. The molecule has 0 aliphatic rings. The van der Waals surface area contributed by atoms with Crippen molar-refractivity contribution in [2.45, 2.75) is 32.6 Å². The number of methoxy groups -OCH3 is 1. The molecule has 2 amide bonds. The molecule has 0 radical (unpaired) electrons. The number of hydrogen-bond donors (Lipinski definition) is 2. The summed E-state index contributed by atoms with van der Waals surface area (Å²) >= 11 is 0. The summed E-state index contributed by atoms with van der Waals surface area (Å²) in [4.78, 5) is 23.6. The largest absolute Gasteiger partial charge is 0.493 e. The lowest BCUT2D eigenvalue weighted by Gasteiger charge is -2.11. The average Bonchev–Trinajstić information content (AvgIpc) is 2.72. The van der Waals surface area contributed by atoms with Crippen molar-refractivity contribution in [2.24, 2.45) is 5.73 Å². The van der Waals surface area contributed by atoms with Crippen molar-refractivity contribution in [3.8, 4) is 11.5 Å². The number of amides is 2. The summed E-state index contributed by atoms with van der Waals surface area (Å²) in [6, 6.07) is 12.1. The number of anilines is 1. The van der Waals surface area contributed by atoms with E-state index in [1.807, 2.05) is 18.2 Å². The minimum atomic E-state index is -0.597. The number of para-hydroxylation sites is 1. The third-order valence-electron chi connectivity index (χ3n) is 4.32. The Hall–Kier alpha value is -3.28. The van der Waals surface area contributed by atoms with Gasteiger partial charge < -0.3 is 20.5 Å². The lowest BCUT2D eigenvalue weighted by molar-refractivity contribution is -0.111. The van der Waals surface area contributed by atoms with E-state index >= 15 is 0 Å². The Kier molecular flexibility index (Phi) is 8.76. The van der Waals surface area contributed by atoms with Crippen LogP contribution in [0.3, 0.4) is 0 Å². The van der Waals surface area contributed by atoms with Crippen LogP contribution in [0.4, 0.5) is 5.69 Å². The molecular weight excluding hydrogens is 368 g/mol. The first kappa shape index (κ1) is 22.0. The topological polar surface area (TPSA) is 90.6 Å². The zero-order valence-electron chi connectivity index (χ0n) is 16.9. The molecule has 0 fully saturated rings. The number of nitrogens with one attached hydrogen (secondary N) is 1. The molecule has 6 nitrogen and oxygen atoms in total. The van der Waals surface area contributed by atoms with E-state index in [0.29, 0.717) is 23.8 Å². The number of hydrogen-bond acceptors (Lipinski definition) is 4. The maximum atomic E-state index is 12.2. The van der Waals surface area contributed by atoms with Gasteiger partial charge in [0.15, 0.2) is 11.5 Å². The van der Waals surface area contributed by atoms with Gasteiger partial charge >= 0.3 is 0 Å². The zero-order valence-corrected chi connectivity index (χ0v) is 16.9. The van der Waals surface area contributed by atoms with Crippen molar-refractivity contribution in [3.63, 3.8) is 0 Å². The van der Waals surface area contributed by atoms with Crippen molar-refractivity contribution >= 4 is 23.6 Å². The fourth-order valence-electron chi connectivity index (χ4n) is 2.77. The molecule has 0 unspecified atom stereocenters. The van der Waals surface area contributed by atoms with Crippen LogP contribution in [0, 0.1) is 0 Å². The van der Waals surface area contributed by atoms with E-state index in [-0.39, 0.29) is 11.5 Å². The molecule has 2 aromatic rings.